The van der Waals surface area contributed by atoms with Gasteiger partial charge in [0.15, 0.2) is 0 Å². The van der Waals surface area contributed by atoms with E-state index in [9.17, 15) is 9.59 Å². The van der Waals surface area contributed by atoms with E-state index in [-0.39, 0.29) is 37.1 Å². The maximum Gasteiger partial charge on any atom is 0.335 e. The van der Waals surface area contributed by atoms with Gasteiger partial charge in [0.2, 0.25) is 5.91 Å². The van der Waals surface area contributed by atoms with Gasteiger partial charge in [0.1, 0.15) is 0 Å². The van der Waals surface area contributed by atoms with Crippen LogP contribution < -0.4 is 11.1 Å². The number of hydrogen-bond acceptors (Lipinski definition) is 5. The van der Waals surface area contributed by atoms with Gasteiger partial charge < -0.3 is 20.9 Å². The summed E-state index contributed by atoms with van der Waals surface area (Å²) in [6.45, 7) is 0.428. The molecule has 0 fully saturated rings. The van der Waals surface area contributed by atoms with E-state index >= 15 is 0 Å². The van der Waals surface area contributed by atoms with Crippen molar-refractivity contribution in [2.24, 2.45) is 5.73 Å². The Morgan fingerprint density at radius 3 is 2.89 bits per heavy atom. The molecule has 0 aliphatic rings. The monoisotopic (exact) mass is 267 g/mol. The number of carboxylic acids is 1. The number of carbonyl (C=O) groups is 2. The van der Waals surface area contributed by atoms with Crippen LogP contribution in [0.3, 0.4) is 0 Å². The second-order valence-corrected chi connectivity index (χ2v) is 3.92. The highest BCUT2D eigenvalue weighted by molar-refractivity contribution is 5.87. The van der Waals surface area contributed by atoms with E-state index in [1.807, 2.05) is 0 Å². The van der Waals surface area contributed by atoms with Gasteiger partial charge in [0.25, 0.3) is 0 Å². The van der Waals surface area contributed by atoms with Crippen LogP contribution >= 0.6 is 0 Å². The summed E-state index contributed by atoms with van der Waals surface area (Å²) in [6.07, 6.45) is 1.23. The number of pyridine rings is 1. The Hall–Kier alpha value is -1.99. The standard InChI is InChI=1S/C12H17N3O4/c1-19-10(6-13)5-11(16)15-7-9-4-8(12(17)18)2-3-14-9/h2-4,10H,5-7,13H2,1H3,(H,15,16)(H,17,18). The number of amides is 1. The Bertz CT molecular complexity index is 446. The van der Waals surface area contributed by atoms with Crippen LogP contribution in [0.1, 0.15) is 22.5 Å². The number of nitrogens with zero attached hydrogens (tertiary/aromatic N) is 1. The largest absolute Gasteiger partial charge is 0.478 e. The van der Waals surface area contributed by atoms with Crippen molar-refractivity contribution >= 4 is 11.9 Å². The maximum absolute atomic E-state index is 11.6. The van der Waals surface area contributed by atoms with Gasteiger partial charge in [-0.3, -0.25) is 9.78 Å². The van der Waals surface area contributed by atoms with Crippen LogP contribution in [-0.4, -0.2) is 41.7 Å². The lowest BCUT2D eigenvalue weighted by molar-refractivity contribution is -0.123. The van der Waals surface area contributed by atoms with E-state index in [2.05, 4.69) is 10.3 Å². The minimum atomic E-state index is -1.03. The number of aromatic nitrogens is 1. The number of nitrogens with one attached hydrogen (secondary N) is 1. The average molecular weight is 267 g/mol. The number of rotatable bonds is 7. The van der Waals surface area contributed by atoms with E-state index in [1.54, 1.807) is 0 Å². The number of carboxylic acid groups (broad SMARTS) is 1. The van der Waals surface area contributed by atoms with Crippen LogP contribution in [0.2, 0.25) is 0 Å². The summed E-state index contributed by atoms with van der Waals surface area (Å²) in [5.41, 5.74) is 6.03. The molecule has 0 aliphatic carbocycles. The SMILES string of the molecule is COC(CN)CC(=O)NCc1cc(C(=O)O)ccn1. The van der Waals surface area contributed by atoms with Crippen molar-refractivity contribution in [3.63, 3.8) is 0 Å². The third-order valence-corrected chi connectivity index (χ3v) is 2.54. The number of nitrogens with two attached hydrogens (primary N) is 1. The summed E-state index contributed by atoms with van der Waals surface area (Å²) in [5.74, 6) is -1.25. The van der Waals surface area contributed by atoms with Crippen LogP contribution in [0.4, 0.5) is 0 Å². The minimum Gasteiger partial charge on any atom is -0.478 e. The average Bonchev–Trinajstić information content (AvgIpc) is 2.42. The molecular formula is C12H17N3O4. The molecule has 0 aliphatic heterocycles. The molecule has 7 heteroatoms. The highest BCUT2D eigenvalue weighted by Crippen LogP contribution is 2.02. The van der Waals surface area contributed by atoms with Crippen molar-refractivity contribution in [3.8, 4) is 0 Å². The molecule has 1 heterocycles. The molecule has 7 nitrogen and oxygen atoms in total. The molecule has 1 aromatic rings. The zero-order chi connectivity index (χ0) is 14.3. The molecule has 4 N–H and O–H groups in total. The van der Waals surface area contributed by atoms with Gasteiger partial charge in [-0.05, 0) is 12.1 Å². The van der Waals surface area contributed by atoms with Crippen LogP contribution in [0.5, 0.6) is 0 Å². The molecule has 104 valence electrons. The fourth-order valence-electron chi connectivity index (χ4n) is 1.44. The van der Waals surface area contributed by atoms with Crippen LogP contribution in [-0.2, 0) is 16.1 Å². The molecule has 0 aromatic carbocycles. The summed E-state index contributed by atoms with van der Waals surface area (Å²) < 4.78 is 4.99. The smallest absolute Gasteiger partial charge is 0.335 e. The van der Waals surface area contributed by atoms with Gasteiger partial charge in [0.05, 0.1) is 30.3 Å². The lowest BCUT2D eigenvalue weighted by atomic mass is 10.2. The van der Waals surface area contributed by atoms with Crippen molar-refractivity contribution in [2.75, 3.05) is 13.7 Å². The predicted molar refractivity (Wildman–Crippen MR) is 67.5 cm³/mol. The Morgan fingerprint density at radius 1 is 1.58 bits per heavy atom. The zero-order valence-corrected chi connectivity index (χ0v) is 10.6. The van der Waals surface area contributed by atoms with E-state index in [0.29, 0.717) is 5.69 Å². The van der Waals surface area contributed by atoms with Gasteiger partial charge in [-0.25, -0.2) is 4.79 Å². The second kappa shape index (κ2) is 7.45. The first-order chi connectivity index (χ1) is 9.06. The van der Waals surface area contributed by atoms with Crippen molar-refractivity contribution in [1.82, 2.24) is 10.3 Å². The van der Waals surface area contributed by atoms with Crippen molar-refractivity contribution in [3.05, 3.63) is 29.6 Å². The van der Waals surface area contributed by atoms with Gasteiger partial charge in [0, 0.05) is 19.9 Å². The molecular weight excluding hydrogens is 250 g/mol. The van der Waals surface area contributed by atoms with Crippen LogP contribution in [0.25, 0.3) is 0 Å². The third-order valence-electron chi connectivity index (χ3n) is 2.54. The molecule has 1 atom stereocenters. The Balaban J connectivity index is 2.50. The Labute approximate surface area is 110 Å². The Morgan fingerprint density at radius 2 is 2.32 bits per heavy atom. The number of ether oxygens (including phenoxy) is 1. The van der Waals surface area contributed by atoms with Gasteiger partial charge in [-0.15, -0.1) is 0 Å². The minimum absolute atomic E-state index is 0.135. The molecule has 1 aromatic heterocycles. The summed E-state index contributed by atoms with van der Waals surface area (Å²) >= 11 is 0. The number of carbonyl (C=O) groups excluding carboxylic acids is 1. The van der Waals surface area contributed by atoms with E-state index in [4.69, 9.17) is 15.6 Å². The number of methoxy groups -OCH3 is 1. The van der Waals surface area contributed by atoms with E-state index in [1.165, 1.54) is 25.4 Å². The highest BCUT2D eigenvalue weighted by atomic mass is 16.5. The van der Waals surface area contributed by atoms with Crippen molar-refractivity contribution in [1.29, 1.82) is 0 Å². The lowest BCUT2D eigenvalue weighted by Gasteiger charge is -2.12. The molecule has 0 saturated carbocycles. The van der Waals surface area contributed by atoms with Crippen LogP contribution in [0.15, 0.2) is 18.3 Å². The first-order valence-electron chi connectivity index (χ1n) is 5.74. The number of aromatic carboxylic acids is 1. The summed E-state index contributed by atoms with van der Waals surface area (Å²) in [7, 11) is 1.49. The molecule has 1 amide bonds. The molecule has 19 heavy (non-hydrogen) atoms. The van der Waals surface area contributed by atoms with Gasteiger partial charge in [-0.2, -0.15) is 0 Å². The summed E-state index contributed by atoms with van der Waals surface area (Å²) in [4.78, 5) is 26.3. The zero-order valence-electron chi connectivity index (χ0n) is 10.6. The predicted octanol–water partition coefficient (Wildman–Crippen LogP) is -0.240. The van der Waals surface area contributed by atoms with E-state index in [0.717, 1.165) is 0 Å². The lowest BCUT2D eigenvalue weighted by Crippen LogP contribution is -2.32. The van der Waals surface area contributed by atoms with E-state index < -0.39 is 5.97 Å². The van der Waals surface area contributed by atoms with Crippen LogP contribution in [0, 0.1) is 0 Å². The first kappa shape index (κ1) is 15.1. The molecule has 1 unspecified atom stereocenters. The summed E-state index contributed by atoms with van der Waals surface area (Å²) in [6, 6.07) is 2.81. The Kier molecular flexibility index (Phi) is 5.91. The third kappa shape index (κ3) is 5.02. The first-order valence-corrected chi connectivity index (χ1v) is 5.74. The molecule has 0 saturated heterocycles. The molecule has 0 bridgehead atoms. The quantitative estimate of drug-likeness (QED) is 0.628. The number of hydrogen-bond donors (Lipinski definition) is 3. The second-order valence-electron chi connectivity index (χ2n) is 3.92. The molecule has 1 rings (SSSR count). The topological polar surface area (TPSA) is 115 Å². The van der Waals surface area contributed by atoms with Crippen molar-refractivity contribution in [2.45, 2.75) is 19.1 Å². The normalized spacial score (nSPS) is 11.9. The maximum atomic E-state index is 11.6. The fraction of sp³-hybridized carbons (Fsp3) is 0.417. The molecule has 0 spiro atoms. The summed E-state index contributed by atoms with van der Waals surface area (Å²) in [5, 5.41) is 11.5. The van der Waals surface area contributed by atoms with Gasteiger partial charge in [-0.1, -0.05) is 0 Å². The fourth-order valence-corrected chi connectivity index (χ4v) is 1.44. The highest BCUT2D eigenvalue weighted by Gasteiger charge is 2.11. The molecule has 0 radical (unpaired) electrons. The van der Waals surface area contributed by atoms with Gasteiger partial charge >= 0.3 is 5.97 Å². The van der Waals surface area contributed by atoms with Crippen molar-refractivity contribution < 1.29 is 19.4 Å².